The number of amides is 4. The van der Waals surface area contributed by atoms with Crippen molar-refractivity contribution < 1.29 is 66.4 Å². The van der Waals surface area contributed by atoms with Crippen LogP contribution < -0.4 is 21.3 Å². The standard InChI is InChI=1S/C38H44B2Cl4N4O14/c1-19(2)11-29(47-31(49)17-45-35(53)23-13-21(41)5-7-25(23)43)39-59-27(37(55)61-39)15-33(51)57-9-10-58-34(52)16-28-38(56)62-40(60-28)30(12-20(3)4)48-32(50)18-46-36(54)24-14-22(42)6-8-26(24)44/h5-8,13-14,19-20,27-30H,9-12,15-18H2,1-4H3,(H,45,53)(H,46,54)(H,47,49)(H,48,50)/t27-,28-,29-,30-/m0/s1. The molecule has 2 aromatic carbocycles. The molecule has 2 heterocycles. The van der Waals surface area contributed by atoms with Gasteiger partial charge in [0.25, 0.3) is 11.8 Å². The average molecular weight is 944 g/mol. The monoisotopic (exact) mass is 942 g/mol. The van der Waals surface area contributed by atoms with Gasteiger partial charge in [0.15, 0.2) is 12.2 Å². The minimum absolute atomic E-state index is 0.00541. The van der Waals surface area contributed by atoms with E-state index in [-0.39, 0.29) is 43.1 Å². The first kappa shape index (κ1) is 50.1. The zero-order valence-corrected chi connectivity index (χ0v) is 37.0. The molecule has 334 valence electrons. The largest absolute Gasteiger partial charge is 0.552 e. The number of halogens is 4. The van der Waals surface area contributed by atoms with E-state index < -0.39 is 125 Å². The van der Waals surface area contributed by atoms with Crippen LogP contribution in [0.3, 0.4) is 0 Å². The van der Waals surface area contributed by atoms with Crippen molar-refractivity contribution in [3.05, 3.63) is 67.6 Å². The second-order valence-electron chi connectivity index (χ2n) is 14.9. The summed E-state index contributed by atoms with van der Waals surface area (Å²) >= 11 is 24.0. The van der Waals surface area contributed by atoms with E-state index in [1.54, 1.807) is 0 Å². The maximum Gasteiger partial charge on any atom is 0.552 e. The predicted molar refractivity (Wildman–Crippen MR) is 225 cm³/mol. The molecule has 62 heavy (non-hydrogen) atoms. The molecule has 2 aliphatic heterocycles. The van der Waals surface area contributed by atoms with Gasteiger partial charge in [0, 0.05) is 10.0 Å². The highest BCUT2D eigenvalue weighted by Crippen LogP contribution is 2.24. The highest BCUT2D eigenvalue weighted by molar-refractivity contribution is 6.52. The number of nitrogens with one attached hydrogen (secondary N) is 4. The molecule has 2 aliphatic rings. The third-order valence-electron chi connectivity index (χ3n) is 8.87. The van der Waals surface area contributed by atoms with E-state index in [1.165, 1.54) is 36.4 Å². The van der Waals surface area contributed by atoms with Gasteiger partial charge < -0.3 is 49.4 Å². The van der Waals surface area contributed by atoms with Crippen LogP contribution in [0.15, 0.2) is 36.4 Å². The van der Waals surface area contributed by atoms with Gasteiger partial charge in [0.2, 0.25) is 11.8 Å². The Hall–Kier alpha value is -4.59. The van der Waals surface area contributed by atoms with Crippen molar-refractivity contribution in [2.45, 2.75) is 77.5 Å². The fourth-order valence-electron chi connectivity index (χ4n) is 6.08. The zero-order chi connectivity index (χ0) is 45.7. The molecule has 4 rings (SSSR count). The summed E-state index contributed by atoms with van der Waals surface area (Å²) in [5.74, 6) is -7.66. The van der Waals surface area contributed by atoms with E-state index in [4.69, 9.17) is 74.5 Å². The Balaban J connectivity index is 1.17. The molecule has 2 fully saturated rings. The molecule has 2 aromatic rings. The molecule has 4 atom stereocenters. The number of hydrogen-bond donors (Lipinski definition) is 4. The molecule has 0 bridgehead atoms. The molecule has 0 aromatic heterocycles. The summed E-state index contributed by atoms with van der Waals surface area (Å²) in [6, 6.07) is 8.62. The van der Waals surface area contributed by atoms with Crippen molar-refractivity contribution in [3.8, 4) is 0 Å². The van der Waals surface area contributed by atoms with Crippen molar-refractivity contribution in [1.82, 2.24) is 21.3 Å². The summed E-state index contributed by atoms with van der Waals surface area (Å²) in [5, 5.41) is 11.1. The smallest absolute Gasteiger partial charge is 0.506 e. The van der Waals surface area contributed by atoms with Crippen molar-refractivity contribution in [2.24, 2.45) is 11.8 Å². The molecule has 2 saturated heterocycles. The lowest BCUT2D eigenvalue weighted by atomic mass is 9.74. The van der Waals surface area contributed by atoms with Crippen LogP contribution in [0.4, 0.5) is 0 Å². The Morgan fingerprint density at radius 1 is 0.629 bits per heavy atom. The molecule has 4 amide bonds. The predicted octanol–water partition coefficient (Wildman–Crippen LogP) is 3.33. The summed E-state index contributed by atoms with van der Waals surface area (Å²) in [6.07, 6.45) is -3.21. The van der Waals surface area contributed by atoms with Crippen LogP contribution in [0.1, 0.15) is 74.1 Å². The Bertz CT molecular complexity index is 1870. The highest BCUT2D eigenvalue weighted by atomic mass is 35.5. The van der Waals surface area contributed by atoms with E-state index in [0.29, 0.717) is 12.8 Å². The van der Waals surface area contributed by atoms with Crippen LogP contribution >= 0.6 is 46.4 Å². The van der Waals surface area contributed by atoms with Crippen LogP contribution in [0.2, 0.25) is 20.1 Å². The number of carbonyl (C=O) groups excluding carboxylic acids is 8. The molecule has 4 N–H and O–H groups in total. The van der Waals surface area contributed by atoms with Gasteiger partial charge in [0.05, 0.1) is 59.0 Å². The van der Waals surface area contributed by atoms with Crippen molar-refractivity contribution >= 4 is 108 Å². The van der Waals surface area contributed by atoms with Gasteiger partial charge in [0.1, 0.15) is 13.2 Å². The van der Waals surface area contributed by atoms with Gasteiger partial charge >= 0.3 is 38.1 Å². The topological polar surface area (TPSA) is 240 Å². The van der Waals surface area contributed by atoms with Gasteiger partial charge in [-0.2, -0.15) is 0 Å². The number of carbonyl (C=O) groups is 8. The molecule has 0 radical (unpaired) electrons. The average Bonchev–Trinajstić information content (AvgIpc) is 3.75. The Morgan fingerprint density at radius 2 is 1.00 bits per heavy atom. The SMILES string of the molecule is CC(C)C[C@H](NC(=O)CNC(=O)c1cc(Cl)ccc1Cl)B1OC(=O)[C@H](CC(=O)OCCOC(=O)C[C@@H]2OB([C@H](CC(C)C)NC(=O)CNC(=O)c3cc(Cl)ccc3Cl)OC2=O)O1. The van der Waals surface area contributed by atoms with E-state index in [2.05, 4.69) is 21.3 Å². The summed E-state index contributed by atoms with van der Waals surface area (Å²) in [5.41, 5.74) is 0.151. The summed E-state index contributed by atoms with van der Waals surface area (Å²) < 4.78 is 32.2. The third-order valence-corrected chi connectivity index (χ3v) is 10.00. The first-order valence-corrected chi connectivity index (χ1v) is 20.9. The van der Waals surface area contributed by atoms with Crippen LogP contribution in [-0.2, 0) is 56.9 Å². The van der Waals surface area contributed by atoms with Gasteiger partial charge in [-0.15, -0.1) is 0 Å². The lowest BCUT2D eigenvalue weighted by Crippen LogP contribution is -2.50. The molecule has 0 aliphatic carbocycles. The Labute approximate surface area is 377 Å². The third kappa shape index (κ3) is 15.6. The lowest BCUT2D eigenvalue weighted by molar-refractivity contribution is -0.156. The summed E-state index contributed by atoms with van der Waals surface area (Å²) in [7, 11) is -2.50. The van der Waals surface area contributed by atoms with E-state index in [0.717, 1.165) is 0 Å². The summed E-state index contributed by atoms with van der Waals surface area (Å²) in [4.78, 5) is 101. The first-order valence-electron chi connectivity index (χ1n) is 19.4. The van der Waals surface area contributed by atoms with Gasteiger partial charge in [-0.25, -0.2) is 0 Å². The normalized spacial score (nSPS) is 16.9. The van der Waals surface area contributed by atoms with Gasteiger partial charge in [-0.05, 0) is 61.1 Å². The van der Waals surface area contributed by atoms with E-state index in [9.17, 15) is 38.4 Å². The number of ether oxygens (including phenoxy) is 2. The quantitative estimate of drug-likeness (QED) is 0.0798. The fourth-order valence-corrected chi connectivity index (χ4v) is 6.83. The Morgan fingerprint density at radius 3 is 1.35 bits per heavy atom. The van der Waals surface area contributed by atoms with Crippen LogP contribution in [-0.4, -0.2) is 112 Å². The van der Waals surface area contributed by atoms with E-state index >= 15 is 0 Å². The summed E-state index contributed by atoms with van der Waals surface area (Å²) in [6.45, 7) is 5.76. The second kappa shape index (κ2) is 23.7. The van der Waals surface area contributed by atoms with E-state index in [1.807, 2.05) is 27.7 Å². The lowest BCUT2D eigenvalue weighted by Gasteiger charge is -2.21. The van der Waals surface area contributed by atoms with Crippen LogP contribution in [0.25, 0.3) is 0 Å². The Kier molecular flexibility index (Phi) is 19.2. The van der Waals surface area contributed by atoms with Crippen LogP contribution in [0, 0.1) is 11.8 Å². The second-order valence-corrected chi connectivity index (χ2v) is 16.6. The number of rotatable bonds is 21. The van der Waals surface area contributed by atoms with Crippen molar-refractivity contribution in [3.63, 3.8) is 0 Å². The fraction of sp³-hybridized carbons (Fsp3) is 0.474. The minimum atomic E-state index is -1.36. The zero-order valence-electron chi connectivity index (χ0n) is 34.0. The molecular formula is C38H44B2Cl4N4O14. The maximum atomic E-state index is 12.8. The first-order chi connectivity index (χ1) is 29.3. The molecule has 0 unspecified atom stereocenters. The molecule has 18 nitrogen and oxygen atoms in total. The maximum absolute atomic E-state index is 12.8. The van der Waals surface area contributed by atoms with Gasteiger partial charge in [-0.1, -0.05) is 74.1 Å². The molecule has 0 spiro atoms. The van der Waals surface area contributed by atoms with Crippen molar-refractivity contribution in [2.75, 3.05) is 26.3 Å². The minimum Gasteiger partial charge on any atom is -0.506 e. The number of benzene rings is 2. The molecule has 0 saturated carbocycles. The molecule has 24 heteroatoms. The number of esters is 2. The number of hydrogen-bond acceptors (Lipinski definition) is 14. The van der Waals surface area contributed by atoms with Crippen molar-refractivity contribution in [1.29, 1.82) is 0 Å². The molecular weight excluding hydrogens is 900 g/mol. The highest BCUT2D eigenvalue weighted by Gasteiger charge is 2.48. The van der Waals surface area contributed by atoms with Gasteiger partial charge in [-0.3, -0.25) is 38.4 Å². The van der Waals surface area contributed by atoms with Crippen LogP contribution in [0.5, 0.6) is 0 Å².